The van der Waals surface area contributed by atoms with Crippen molar-refractivity contribution in [3.05, 3.63) is 53.6 Å². The molecule has 0 amide bonds. The van der Waals surface area contributed by atoms with Gasteiger partial charge < -0.3 is 14.6 Å². The molecule has 138 valence electrons. The minimum absolute atomic E-state index is 0.123. The van der Waals surface area contributed by atoms with Gasteiger partial charge in [0.25, 0.3) is 0 Å². The second-order valence-corrected chi connectivity index (χ2v) is 6.43. The first-order valence-corrected chi connectivity index (χ1v) is 8.96. The Morgan fingerprint density at radius 2 is 1.88 bits per heavy atom. The molecule has 26 heavy (non-hydrogen) atoms. The van der Waals surface area contributed by atoms with E-state index in [9.17, 15) is 5.11 Å². The minimum Gasteiger partial charge on any atom is -0.504 e. The van der Waals surface area contributed by atoms with Gasteiger partial charge in [-0.3, -0.25) is 9.89 Å². The SMILES string of the molecule is COc1cccc([C@H](CN=Cc2cccc(OC)c2O)N2CCCC2)c1. The zero-order valence-electron chi connectivity index (χ0n) is 15.4. The van der Waals surface area contributed by atoms with Crippen molar-refractivity contribution in [2.24, 2.45) is 4.99 Å². The first-order chi connectivity index (χ1) is 12.7. The van der Waals surface area contributed by atoms with Crippen molar-refractivity contribution in [2.75, 3.05) is 33.9 Å². The molecule has 1 aliphatic rings. The molecule has 0 unspecified atom stereocenters. The molecule has 5 heteroatoms. The van der Waals surface area contributed by atoms with Crippen LogP contribution in [0, 0.1) is 0 Å². The third-order valence-electron chi connectivity index (χ3n) is 4.82. The van der Waals surface area contributed by atoms with Crippen LogP contribution in [-0.4, -0.2) is 50.1 Å². The molecule has 0 aliphatic carbocycles. The number of para-hydroxylation sites is 1. The van der Waals surface area contributed by atoms with Crippen LogP contribution < -0.4 is 9.47 Å². The fraction of sp³-hybridized carbons (Fsp3) is 0.381. The van der Waals surface area contributed by atoms with E-state index in [1.807, 2.05) is 24.3 Å². The molecule has 0 spiro atoms. The van der Waals surface area contributed by atoms with Gasteiger partial charge in [0.1, 0.15) is 5.75 Å². The van der Waals surface area contributed by atoms with Gasteiger partial charge in [-0.2, -0.15) is 0 Å². The first kappa shape index (κ1) is 18.3. The molecule has 1 N–H and O–H groups in total. The lowest BCUT2D eigenvalue weighted by atomic mass is 10.1. The molecule has 1 fully saturated rings. The molecule has 0 saturated carbocycles. The van der Waals surface area contributed by atoms with Crippen LogP contribution in [-0.2, 0) is 0 Å². The molecule has 3 rings (SSSR count). The smallest absolute Gasteiger partial charge is 0.166 e. The second-order valence-electron chi connectivity index (χ2n) is 6.43. The lowest BCUT2D eigenvalue weighted by molar-refractivity contribution is 0.251. The fourth-order valence-electron chi connectivity index (χ4n) is 3.39. The molecule has 0 radical (unpaired) electrons. The van der Waals surface area contributed by atoms with Crippen LogP contribution in [0.25, 0.3) is 0 Å². The van der Waals surface area contributed by atoms with Crippen molar-refractivity contribution in [3.63, 3.8) is 0 Å². The summed E-state index contributed by atoms with van der Waals surface area (Å²) in [6.45, 7) is 2.80. The summed E-state index contributed by atoms with van der Waals surface area (Å²) in [5, 5.41) is 10.2. The Kier molecular flexibility index (Phi) is 6.12. The number of rotatable bonds is 7. The Bertz CT molecular complexity index is 755. The van der Waals surface area contributed by atoms with Gasteiger partial charge in [0.15, 0.2) is 11.5 Å². The van der Waals surface area contributed by atoms with Gasteiger partial charge in [-0.15, -0.1) is 0 Å². The highest BCUT2D eigenvalue weighted by atomic mass is 16.5. The van der Waals surface area contributed by atoms with Crippen molar-refractivity contribution < 1.29 is 14.6 Å². The Balaban J connectivity index is 1.80. The number of phenolic OH excluding ortho intramolecular Hbond substituents is 1. The van der Waals surface area contributed by atoms with E-state index in [0.29, 0.717) is 17.9 Å². The van der Waals surface area contributed by atoms with Gasteiger partial charge in [0.2, 0.25) is 0 Å². The van der Waals surface area contributed by atoms with Crippen LogP contribution in [0.1, 0.15) is 30.0 Å². The number of aromatic hydroxyl groups is 1. The van der Waals surface area contributed by atoms with Crippen LogP contribution in [0.4, 0.5) is 0 Å². The van der Waals surface area contributed by atoms with Crippen LogP contribution in [0.15, 0.2) is 47.5 Å². The Morgan fingerprint density at radius 1 is 1.12 bits per heavy atom. The average Bonchev–Trinajstić information content (AvgIpc) is 3.21. The average molecular weight is 354 g/mol. The van der Waals surface area contributed by atoms with Crippen LogP contribution in [0.2, 0.25) is 0 Å². The number of hydrogen-bond donors (Lipinski definition) is 1. The molecule has 1 saturated heterocycles. The maximum Gasteiger partial charge on any atom is 0.166 e. The van der Waals surface area contributed by atoms with Gasteiger partial charge in [0.05, 0.1) is 26.8 Å². The summed E-state index contributed by atoms with van der Waals surface area (Å²) in [4.78, 5) is 7.10. The zero-order valence-corrected chi connectivity index (χ0v) is 15.4. The molecular weight excluding hydrogens is 328 g/mol. The van der Waals surface area contributed by atoms with Crippen molar-refractivity contribution >= 4 is 6.21 Å². The predicted molar refractivity (Wildman–Crippen MR) is 104 cm³/mol. The van der Waals surface area contributed by atoms with E-state index in [1.54, 1.807) is 26.5 Å². The maximum atomic E-state index is 10.2. The topological polar surface area (TPSA) is 54.3 Å². The van der Waals surface area contributed by atoms with Crippen LogP contribution in [0.3, 0.4) is 0 Å². The molecule has 0 bridgehead atoms. The summed E-state index contributed by atoms with van der Waals surface area (Å²) < 4.78 is 10.5. The summed E-state index contributed by atoms with van der Waals surface area (Å²) >= 11 is 0. The summed E-state index contributed by atoms with van der Waals surface area (Å²) in [6.07, 6.45) is 4.17. The molecule has 1 atom stereocenters. The largest absolute Gasteiger partial charge is 0.504 e. The van der Waals surface area contributed by atoms with Crippen LogP contribution >= 0.6 is 0 Å². The number of aliphatic imine (C=N–C) groups is 1. The number of nitrogens with zero attached hydrogens (tertiary/aromatic N) is 2. The third kappa shape index (κ3) is 4.17. The molecular formula is C21H26N2O3. The highest BCUT2D eigenvalue weighted by molar-refractivity contribution is 5.84. The van der Waals surface area contributed by atoms with Crippen molar-refractivity contribution in [2.45, 2.75) is 18.9 Å². The number of benzene rings is 2. The lowest BCUT2D eigenvalue weighted by Crippen LogP contribution is -2.27. The van der Waals surface area contributed by atoms with E-state index in [0.717, 1.165) is 18.8 Å². The van der Waals surface area contributed by atoms with E-state index in [1.165, 1.54) is 18.4 Å². The second kappa shape index (κ2) is 8.72. The standard InChI is InChI=1S/C21H26N2O3/c1-25-18-9-5-7-16(13-18)19(23-11-3-4-12-23)15-22-14-17-8-6-10-20(26-2)21(17)24/h5-10,13-14,19,24H,3-4,11-12,15H2,1-2H3/t19-/m0/s1. The third-order valence-corrected chi connectivity index (χ3v) is 4.82. The Hall–Kier alpha value is -2.53. The van der Waals surface area contributed by atoms with E-state index < -0.39 is 0 Å². The van der Waals surface area contributed by atoms with Gasteiger partial charge in [-0.1, -0.05) is 18.2 Å². The van der Waals surface area contributed by atoms with Gasteiger partial charge >= 0.3 is 0 Å². The van der Waals surface area contributed by atoms with E-state index in [-0.39, 0.29) is 11.8 Å². The number of ether oxygens (including phenoxy) is 2. The molecule has 2 aromatic carbocycles. The van der Waals surface area contributed by atoms with Crippen molar-refractivity contribution in [3.8, 4) is 17.2 Å². The summed E-state index contributed by atoms with van der Waals surface area (Å²) in [6, 6.07) is 13.8. The van der Waals surface area contributed by atoms with Gasteiger partial charge in [0, 0.05) is 11.8 Å². The van der Waals surface area contributed by atoms with Crippen molar-refractivity contribution in [1.29, 1.82) is 0 Å². The zero-order chi connectivity index (χ0) is 18.4. The highest BCUT2D eigenvalue weighted by Gasteiger charge is 2.23. The highest BCUT2D eigenvalue weighted by Crippen LogP contribution is 2.30. The maximum absolute atomic E-state index is 10.2. The van der Waals surface area contributed by atoms with E-state index in [4.69, 9.17) is 9.47 Å². The summed E-state index contributed by atoms with van der Waals surface area (Å²) in [7, 11) is 3.23. The Morgan fingerprint density at radius 3 is 2.62 bits per heavy atom. The van der Waals surface area contributed by atoms with E-state index in [2.05, 4.69) is 22.0 Å². The molecule has 1 heterocycles. The summed E-state index contributed by atoms with van der Waals surface area (Å²) in [5.74, 6) is 1.44. The predicted octanol–water partition coefficient (Wildman–Crippen LogP) is 3.67. The summed E-state index contributed by atoms with van der Waals surface area (Å²) in [5.41, 5.74) is 1.87. The van der Waals surface area contributed by atoms with Gasteiger partial charge in [-0.05, 0) is 55.8 Å². The van der Waals surface area contributed by atoms with Crippen molar-refractivity contribution in [1.82, 2.24) is 4.90 Å². The molecule has 2 aromatic rings. The monoisotopic (exact) mass is 354 g/mol. The minimum atomic E-state index is 0.123. The fourth-order valence-corrected chi connectivity index (χ4v) is 3.39. The van der Waals surface area contributed by atoms with Crippen LogP contribution in [0.5, 0.6) is 17.2 Å². The number of methoxy groups -OCH3 is 2. The number of hydrogen-bond acceptors (Lipinski definition) is 5. The quantitative estimate of drug-likeness (QED) is 0.771. The molecule has 1 aliphatic heterocycles. The van der Waals surface area contributed by atoms with Gasteiger partial charge in [-0.25, -0.2) is 0 Å². The van der Waals surface area contributed by atoms with E-state index >= 15 is 0 Å². The Labute approximate surface area is 154 Å². The number of likely N-dealkylation sites (tertiary alicyclic amines) is 1. The number of phenols is 1. The lowest BCUT2D eigenvalue weighted by Gasteiger charge is -2.26. The molecule has 5 nitrogen and oxygen atoms in total. The first-order valence-electron chi connectivity index (χ1n) is 8.96. The molecule has 0 aromatic heterocycles. The normalized spacial score (nSPS) is 16.1.